The molecule has 0 N–H and O–H groups in total. The van der Waals surface area contributed by atoms with E-state index < -0.39 is 0 Å². The first kappa shape index (κ1) is 6.16. The van der Waals surface area contributed by atoms with E-state index in [9.17, 15) is 4.79 Å². The first-order valence-electron chi connectivity index (χ1n) is 3.32. The Hall–Kier alpha value is -1.57. The zero-order valence-corrected chi connectivity index (χ0v) is 5.78. The molecule has 11 heavy (non-hydrogen) atoms. The molecule has 0 fully saturated rings. The van der Waals surface area contributed by atoms with E-state index in [0.717, 1.165) is 17.3 Å². The predicted octanol–water partition coefficient (Wildman–Crippen LogP) is 2.25. The Morgan fingerprint density at radius 2 is 2.18 bits per heavy atom. The van der Waals surface area contributed by atoms with Gasteiger partial charge in [-0.15, -0.1) is 0 Å². The number of rotatable bonds is 1. The van der Waals surface area contributed by atoms with Gasteiger partial charge in [-0.3, -0.25) is 4.79 Å². The van der Waals surface area contributed by atoms with Crippen molar-refractivity contribution in [2.75, 3.05) is 0 Å². The monoisotopic (exact) mass is 146 g/mol. The molecule has 0 saturated carbocycles. The van der Waals surface area contributed by atoms with Gasteiger partial charge in [-0.05, 0) is 12.1 Å². The van der Waals surface area contributed by atoms with Crippen LogP contribution in [0.4, 0.5) is 0 Å². The fraction of sp³-hybridized carbons (Fsp3) is 0. The summed E-state index contributed by atoms with van der Waals surface area (Å²) in [5, 5.41) is 1.02. The Morgan fingerprint density at radius 3 is 3.00 bits per heavy atom. The maximum Gasteiger partial charge on any atom is 0.150 e. The van der Waals surface area contributed by atoms with Crippen LogP contribution in [0.3, 0.4) is 0 Å². The van der Waals surface area contributed by atoms with Crippen molar-refractivity contribution in [2.45, 2.75) is 0 Å². The third-order valence-corrected chi connectivity index (χ3v) is 1.62. The van der Waals surface area contributed by atoms with Crippen LogP contribution in [-0.4, -0.2) is 6.29 Å². The van der Waals surface area contributed by atoms with Crippen LogP contribution >= 0.6 is 0 Å². The molecule has 2 heteroatoms. The van der Waals surface area contributed by atoms with Crippen LogP contribution in [0.25, 0.3) is 11.0 Å². The van der Waals surface area contributed by atoms with Crippen LogP contribution in [0.5, 0.6) is 0 Å². The smallest absolute Gasteiger partial charge is 0.150 e. The van der Waals surface area contributed by atoms with Crippen molar-refractivity contribution in [2.24, 2.45) is 0 Å². The molecule has 0 saturated heterocycles. The van der Waals surface area contributed by atoms with Gasteiger partial charge in [0.1, 0.15) is 11.9 Å². The van der Waals surface area contributed by atoms with Gasteiger partial charge in [0.15, 0.2) is 0 Å². The molecular formula is C9H6O2. The van der Waals surface area contributed by atoms with Gasteiger partial charge in [-0.25, -0.2) is 0 Å². The predicted molar refractivity (Wildman–Crippen MR) is 41.6 cm³/mol. The van der Waals surface area contributed by atoms with Crippen LogP contribution < -0.4 is 0 Å². The highest BCUT2D eigenvalue weighted by molar-refractivity contribution is 5.85. The molecule has 0 aliphatic rings. The van der Waals surface area contributed by atoms with Gasteiger partial charge >= 0.3 is 0 Å². The average molecular weight is 146 g/mol. The van der Waals surface area contributed by atoms with Crippen molar-refractivity contribution in [1.29, 1.82) is 0 Å². The van der Waals surface area contributed by atoms with Gasteiger partial charge in [-0.2, -0.15) is 0 Å². The molecule has 0 atom stereocenters. The van der Waals surface area contributed by atoms with E-state index in [1.165, 1.54) is 0 Å². The summed E-state index contributed by atoms with van der Waals surface area (Å²) < 4.78 is 5.10. The van der Waals surface area contributed by atoms with Crippen LogP contribution in [0.2, 0.25) is 0 Å². The van der Waals surface area contributed by atoms with Crippen molar-refractivity contribution < 1.29 is 9.21 Å². The van der Waals surface area contributed by atoms with Crippen molar-refractivity contribution >= 4 is 17.3 Å². The minimum Gasteiger partial charge on any atom is -0.464 e. The van der Waals surface area contributed by atoms with E-state index in [2.05, 4.69) is 0 Å². The summed E-state index contributed by atoms with van der Waals surface area (Å²) in [5.74, 6) is 0. The standard InChI is InChI=1S/C9H6O2/c10-6-7-1-2-8-3-4-11-9(8)5-7/h1-6H. The summed E-state index contributed by atoms with van der Waals surface area (Å²) in [6.45, 7) is 0. The second kappa shape index (κ2) is 2.23. The molecule has 0 aliphatic carbocycles. The van der Waals surface area contributed by atoms with Crippen LogP contribution in [0.15, 0.2) is 34.9 Å². The summed E-state index contributed by atoms with van der Waals surface area (Å²) >= 11 is 0. The molecule has 2 rings (SSSR count). The summed E-state index contributed by atoms with van der Waals surface area (Å²) in [5.41, 5.74) is 1.40. The van der Waals surface area contributed by atoms with Crippen LogP contribution in [0.1, 0.15) is 10.4 Å². The Morgan fingerprint density at radius 1 is 1.27 bits per heavy atom. The first-order chi connectivity index (χ1) is 5.40. The molecular weight excluding hydrogens is 140 g/mol. The highest BCUT2D eigenvalue weighted by Crippen LogP contribution is 2.15. The molecule has 0 unspecified atom stereocenters. The molecule has 0 spiro atoms. The number of fused-ring (bicyclic) bond motifs is 1. The zero-order chi connectivity index (χ0) is 7.68. The largest absolute Gasteiger partial charge is 0.464 e. The Balaban J connectivity index is 2.76. The number of benzene rings is 1. The molecule has 2 aromatic rings. The highest BCUT2D eigenvalue weighted by Gasteiger charge is 1.96. The normalized spacial score (nSPS) is 10.2. The minimum absolute atomic E-state index is 0.646. The van der Waals surface area contributed by atoms with E-state index in [4.69, 9.17) is 4.42 Å². The maximum absolute atomic E-state index is 10.3. The highest BCUT2D eigenvalue weighted by atomic mass is 16.3. The molecule has 0 amide bonds. The third-order valence-electron chi connectivity index (χ3n) is 1.62. The van der Waals surface area contributed by atoms with Crippen molar-refractivity contribution in [1.82, 2.24) is 0 Å². The molecule has 1 aromatic carbocycles. The van der Waals surface area contributed by atoms with E-state index in [1.54, 1.807) is 18.4 Å². The molecule has 2 nitrogen and oxygen atoms in total. The van der Waals surface area contributed by atoms with E-state index in [1.807, 2.05) is 12.1 Å². The summed E-state index contributed by atoms with van der Waals surface area (Å²) in [6.07, 6.45) is 2.42. The topological polar surface area (TPSA) is 30.2 Å². The van der Waals surface area contributed by atoms with Crippen molar-refractivity contribution in [3.8, 4) is 0 Å². The number of furan rings is 1. The maximum atomic E-state index is 10.3. The second-order valence-corrected chi connectivity index (χ2v) is 2.34. The van der Waals surface area contributed by atoms with E-state index in [0.29, 0.717) is 5.56 Å². The van der Waals surface area contributed by atoms with Gasteiger partial charge in [0.2, 0.25) is 0 Å². The number of hydrogen-bond acceptors (Lipinski definition) is 2. The van der Waals surface area contributed by atoms with E-state index in [-0.39, 0.29) is 0 Å². The van der Waals surface area contributed by atoms with Crippen LogP contribution in [0, 0.1) is 0 Å². The molecule has 0 bridgehead atoms. The minimum atomic E-state index is 0.646. The molecule has 1 aromatic heterocycles. The third kappa shape index (κ3) is 0.923. The average Bonchev–Trinajstić information content (AvgIpc) is 2.50. The molecule has 0 radical (unpaired) electrons. The Kier molecular flexibility index (Phi) is 1.25. The SMILES string of the molecule is O=Cc1ccc2ccoc2c1. The summed E-state index contributed by atoms with van der Waals surface area (Å²) in [4.78, 5) is 10.3. The second-order valence-electron chi connectivity index (χ2n) is 2.34. The first-order valence-corrected chi connectivity index (χ1v) is 3.32. The summed E-state index contributed by atoms with van der Waals surface area (Å²) in [7, 11) is 0. The van der Waals surface area contributed by atoms with Crippen molar-refractivity contribution in [3.63, 3.8) is 0 Å². The summed E-state index contributed by atoms with van der Waals surface area (Å²) in [6, 6.07) is 7.22. The van der Waals surface area contributed by atoms with Gasteiger partial charge in [0, 0.05) is 10.9 Å². The van der Waals surface area contributed by atoms with Gasteiger partial charge < -0.3 is 4.42 Å². The lowest BCUT2D eigenvalue weighted by Crippen LogP contribution is -1.75. The quantitative estimate of drug-likeness (QED) is 0.577. The molecule has 0 aliphatic heterocycles. The Labute approximate surface area is 63.4 Å². The fourth-order valence-corrected chi connectivity index (χ4v) is 1.04. The fourth-order valence-electron chi connectivity index (χ4n) is 1.04. The van der Waals surface area contributed by atoms with Gasteiger partial charge in [0.25, 0.3) is 0 Å². The lowest BCUT2D eigenvalue weighted by atomic mass is 10.2. The molecule has 1 heterocycles. The van der Waals surface area contributed by atoms with Gasteiger partial charge in [0.05, 0.1) is 6.26 Å². The number of carbonyl (C=O) groups excluding carboxylic acids is 1. The van der Waals surface area contributed by atoms with E-state index >= 15 is 0 Å². The zero-order valence-electron chi connectivity index (χ0n) is 5.78. The van der Waals surface area contributed by atoms with Crippen molar-refractivity contribution in [3.05, 3.63) is 36.1 Å². The van der Waals surface area contributed by atoms with Crippen LogP contribution in [-0.2, 0) is 0 Å². The number of hydrogen-bond donors (Lipinski definition) is 0. The Bertz CT molecular complexity index is 387. The number of aldehydes is 1. The number of carbonyl (C=O) groups is 1. The van der Waals surface area contributed by atoms with Gasteiger partial charge in [-0.1, -0.05) is 12.1 Å². The lowest BCUT2D eigenvalue weighted by Gasteiger charge is -1.88. The lowest BCUT2D eigenvalue weighted by molar-refractivity contribution is 0.112. The molecule has 54 valence electrons.